The standard InChI is InChI=1S/C31H39ClF3N3O3/c1-37-16-15-30(20-9-12-26(40-2)27(17-20)41-3)14-13-23(19-28(30)37)38(22-7-5-4-6-8-22)29(39)36-21-10-11-25(32)24(18-21)31(33,34)35/h9-12,17-18,22-23,28H,4-8,13-16,19H2,1-3H3,(H,36,39). The number of anilines is 1. The molecule has 3 fully saturated rings. The lowest BCUT2D eigenvalue weighted by atomic mass is 9.64. The summed E-state index contributed by atoms with van der Waals surface area (Å²) in [6.07, 6.45) is 3.94. The van der Waals surface area contributed by atoms with Crippen LogP contribution in [-0.4, -0.2) is 61.8 Å². The highest BCUT2D eigenvalue weighted by Gasteiger charge is 2.52. The molecule has 2 saturated carbocycles. The monoisotopic (exact) mass is 593 g/mol. The minimum absolute atomic E-state index is 0.0219. The number of rotatable bonds is 6. The van der Waals surface area contributed by atoms with Gasteiger partial charge in [-0.2, -0.15) is 13.2 Å². The fraction of sp³-hybridized carbons (Fsp3) is 0.581. The minimum atomic E-state index is -4.61. The summed E-state index contributed by atoms with van der Waals surface area (Å²) in [7, 11) is 5.42. The summed E-state index contributed by atoms with van der Waals surface area (Å²) in [6.45, 7) is 0.951. The highest BCUT2D eigenvalue weighted by atomic mass is 35.5. The Morgan fingerprint density at radius 1 is 1.00 bits per heavy atom. The van der Waals surface area contributed by atoms with Crippen molar-refractivity contribution in [2.75, 3.05) is 33.1 Å². The average molecular weight is 594 g/mol. The molecule has 3 aliphatic rings. The van der Waals surface area contributed by atoms with Gasteiger partial charge in [-0.15, -0.1) is 0 Å². The molecule has 3 unspecified atom stereocenters. The van der Waals surface area contributed by atoms with E-state index in [1.54, 1.807) is 14.2 Å². The second-order valence-corrected chi connectivity index (χ2v) is 12.1. The topological polar surface area (TPSA) is 54.0 Å². The van der Waals surface area contributed by atoms with Gasteiger partial charge in [0, 0.05) is 29.2 Å². The second kappa shape index (κ2) is 11.9. The lowest BCUT2D eigenvalue weighted by molar-refractivity contribution is -0.137. The number of fused-ring (bicyclic) bond motifs is 1. The van der Waals surface area contributed by atoms with Crippen LogP contribution >= 0.6 is 11.6 Å². The summed E-state index contributed by atoms with van der Waals surface area (Å²) >= 11 is 5.83. The molecule has 10 heteroatoms. The Balaban J connectivity index is 1.42. The van der Waals surface area contributed by atoms with E-state index in [4.69, 9.17) is 21.1 Å². The van der Waals surface area contributed by atoms with Crippen molar-refractivity contribution < 1.29 is 27.4 Å². The van der Waals surface area contributed by atoms with E-state index in [0.717, 1.165) is 70.4 Å². The van der Waals surface area contributed by atoms with Crippen molar-refractivity contribution in [1.29, 1.82) is 0 Å². The van der Waals surface area contributed by atoms with Crippen LogP contribution in [-0.2, 0) is 11.6 Å². The molecule has 1 N–H and O–H groups in total. The summed E-state index contributed by atoms with van der Waals surface area (Å²) in [5.74, 6) is 1.40. The molecule has 0 aromatic heterocycles. The number of urea groups is 1. The number of alkyl halides is 3. The molecule has 1 saturated heterocycles. The van der Waals surface area contributed by atoms with Crippen molar-refractivity contribution in [3.63, 3.8) is 0 Å². The molecule has 3 atom stereocenters. The number of likely N-dealkylation sites (tertiary alicyclic amines) is 1. The number of nitrogens with one attached hydrogen (secondary N) is 1. The number of hydrogen-bond acceptors (Lipinski definition) is 4. The Kier molecular flexibility index (Phi) is 8.67. The average Bonchev–Trinajstić information content (AvgIpc) is 3.30. The molecule has 0 bridgehead atoms. The Hall–Kier alpha value is -2.65. The molecule has 224 valence electrons. The molecule has 6 nitrogen and oxygen atoms in total. The molecule has 2 aliphatic carbocycles. The first-order valence-corrected chi connectivity index (χ1v) is 14.8. The predicted molar refractivity (Wildman–Crippen MR) is 154 cm³/mol. The van der Waals surface area contributed by atoms with Crippen molar-refractivity contribution >= 4 is 23.3 Å². The number of benzene rings is 2. The Labute approximate surface area is 245 Å². The first kappa shape index (κ1) is 29.8. The lowest BCUT2D eigenvalue weighted by Gasteiger charge is -2.49. The fourth-order valence-electron chi connectivity index (χ4n) is 7.49. The maximum absolute atomic E-state index is 13.9. The number of nitrogens with zero attached hydrogens (tertiary/aromatic N) is 2. The van der Waals surface area contributed by atoms with Crippen molar-refractivity contribution in [2.24, 2.45) is 0 Å². The zero-order valence-corrected chi connectivity index (χ0v) is 24.7. The number of carbonyl (C=O) groups excluding carboxylic acids is 1. The summed E-state index contributed by atoms with van der Waals surface area (Å²) < 4.78 is 51.6. The number of halogens is 4. The number of carbonyl (C=O) groups is 1. The van der Waals surface area contributed by atoms with Crippen molar-refractivity contribution in [1.82, 2.24) is 9.80 Å². The zero-order valence-electron chi connectivity index (χ0n) is 23.9. The molecule has 41 heavy (non-hydrogen) atoms. The van der Waals surface area contributed by atoms with Crippen LogP contribution in [0.3, 0.4) is 0 Å². The molecular weight excluding hydrogens is 555 g/mol. The highest BCUT2D eigenvalue weighted by molar-refractivity contribution is 6.31. The molecule has 0 radical (unpaired) electrons. The van der Waals surface area contributed by atoms with E-state index in [1.807, 2.05) is 11.0 Å². The summed E-state index contributed by atoms with van der Waals surface area (Å²) in [5, 5.41) is 2.41. The number of likely N-dealkylation sites (N-methyl/N-ethyl adjacent to an activating group) is 1. The maximum atomic E-state index is 13.9. The molecule has 2 aromatic carbocycles. The normalized spacial score (nSPS) is 25.4. The fourth-order valence-corrected chi connectivity index (χ4v) is 7.72. The van der Waals surface area contributed by atoms with Crippen molar-refractivity contribution in [2.45, 2.75) is 87.5 Å². The zero-order chi connectivity index (χ0) is 29.4. The van der Waals surface area contributed by atoms with Crippen LogP contribution in [0.5, 0.6) is 11.5 Å². The van der Waals surface area contributed by atoms with Gasteiger partial charge in [0.1, 0.15) is 0 Å². The SMILES string of the molecule is COc1ccc(C23CCC(N(C(=O)Nc4ccc(Cl)c(C(F)(F)F)c4)C4CCCCC4)CC2N(C)CC3)cc1OC. The van der Waals surface area contributed by atoms with Gasteiger partial charge < -0.3 is 24.6 Å². The van der Waals surface area contributed by atoms with E-state index >= 15 is 0 Å². The van der Waals surface area contributed by atoms with Gasteiger partial charge in [-0.1, -0.05) is 36.9 Å². The first-order valence-electron chi connectivity index (χ1n) is 14.5. The van der Waals surface area contributed by atoms with Crippen LogP contribution in [0.2, 0.25) is 5.02 Å². The summed E-state index contributed by atoms with van der Waals surface area (Å²) in [4.78, 5) is 18.3. The number of hydrogen-bond donors (Lipinski definition) is 1. The quantitative estimate of drug-likeness (QED) is 0.372. The van der Waals surface area contributed by atoms with E-state index in [2.05, 4.69) is 29.4 Å². The minimum Gasteiger partial charge on any atom is -0.493 e. The van der Waals surface area contributed by atoms with Crippen LogP contribution in [0.4, 0.5) is 23.7 Å². The Bertz CT molecular complexity index is 1250. The van der Waals surface area contributed by atoms with E-state index in [1.165, 1.54) is 17.7 Å². The molecule has 2 amide bonds. The lowest BCUT2D eigenvalue weighted by Crippen LogP contribution is -2.56. The van der Waals surface area contributed by atoms with E-state index in [-0.39, 0.29) is 40.3 Å². The Morgan fingerprint density at radius 3 is 2.41 bits per heavy atom. The van der Waals surface area contributed by atoms with Gasteiger partial charge in [0.2, 0.25) is 0 Å². The largest absolute Gasteiger partial charge is 0.493 e. The molecule has 5 rings (SSSR count). The smallest absolute Gasteiger partial charge is 0.417 e. The van der Waals surface area contributed by atoms with Gasteiger partial charge in [0.25, 0.3) is 0 Å². The molecule has 1 heterocycles. The predicted octanol–water partition coefficient (Wildman–Crippen LogP) is 7.74. The Morgan fingerprint density at radius 2 is 1.73 bits per heavy atom. The van der Waals surface area contributed by atoms with Crippen LogP contribution in [0, 0.1) is 0 Å². The van der Waals surface area contributed by atoms with Crippen molar-refractivity contribution in [3.8, 4) is 11.5 Å². The molecule has 0 spiro atoms. The van der Waals surface area contributed by atoms with Crippen molar-refractivity contribution in [3.05, 3.63) is 52.5 Å². The third-order valence-electron chi connectivity index (χ3n) is 9.58. The van der Waals surface area contributed by atoms with Gasteiger partial charge >= 0.3 is 12.2 Å². The van der Waals surface area contributed by atoms with Gasteiger partial charge in [-0.25, -0.2) is 4.79 Å². The summed E-state index contributed by atoms with van der Waals surface area (Å²) in [6, 6.07) is 9.66. The van der Waals surface area contributed by atoms with Crippen LogP contribution < -0.4 is 14.8 Å². The highest BCUT2D eigenvalue weighted by Crippen LogP contribution is 2.51. The van der Waals surface area contributed by atoms with Crippen LogP contribution in [0.1, 0.15) is 68.9 Å². The van der Waals surface area contributed by atoms with Gasteiger partial charge in [0.05, 0.1) is 24.8 Å². The van der Waals surface area contributed by atoms with E-state index in [9.17, 15) is 18.0 Å². The molecule has 1 aliphatic heterocycles. The molecular formula is C31H39ClF3N3O3. The van der Waals surface area contributed by atoms with E-state index in [0.29, 0.717) is 11.5 Å². The third-order valence-corrected chi connectivity index (χ3v) is 9.91. The molecule has 2 aromatic rings. The number of ether oxygens (including phenoxy) is 2. The van der Waals surface area contributed by atoms with Gasteiger partial charge in [-0.3, -0.25) is 0 Å². The number of methoxy groups -OCH3 is 2. The van der Waals surface area contributed by atoms with E-state index < -0.39 is 11.7 Å². The van der Waals surface area contributed by atoms with Crippen LogP contribution in [0.15, 0.2) is 36.4 Å². The van der Waals surface area contributed by atoms with Crippen LogP contribution in [0.25, 0.3) is 0 Å². The number of amides is 2. The summed E-state index contributed by atoms with van der Waals surface area (Å²) in [5.41, 5.74) is 0.293. The van der Waals surface area contributed by atoms with Gasteiger partial charge in [-0.05, 0) is 88.0 Å². The third kappa shape index (κ3) is 5.85. The first-order chi connectivity index (χ1) is 19.6. The second-order valence-electron chi connectivity index (χ2n) is 11.7. The maximum Gasteiger partial charge on any atom is 0.417 e. The van der Waals surface area contributed by atoms with Gasteiger partial charge in [0.15, 0.2) is 11.5 Å².